The number of piperidine rings is 1. The highest BCUT2D eigenvalue weighted by molar-refractivity contribution is 7.89. The van der Waals surface area contributed by atoms with E-state index in [0.717, 1.165) is 36.7 Å². The topological polar surface area (TPSA) is 81.8 Å². The number of amides is 1. The summed E-state index contributed by atoms with van der Waals surface area (Å²) in [6.45, 7) is 2.30. The highest BCUT2D eigenvalue weighted by atomic mass is 35.5. The molecule has 0 aliphatic carbocycles. The Balaban J connectivity index is 1.48. The standard InChI is InChI=1S/C19H23ClN4O3S/c20-16-3-1-15-12-18(4-2-14(15)11-16)28(26,27)23-9-10-24(19(25)13-23)22-17-5-7-21-8-6-17/h1-4,11-12,17,21-22H,5-10,13H2. The molecule has 0 spiro atoms. The van der Waals surface area contributed by atoms with Crippen molar-refractivity contribution in [2.75, 3.05) is 32.7 Å². The fourth-order valence-electron chi connectivity index (χ4n) is 3.67. The molecular formula is C19H23ClN4O3S. The molecule has 2 aliphatic rings. The van der Waals surface area contributed by atoms with Gasteiger partial charge in [-0.3, -0.25) is 9.80 Å². The Morgan fingerprint density at radius 2 is 1.75 bits per heavy atom. The third-order valence-corrected chi connectivity index (χ3v) is 7.35. The summed E-state index contributed by atoms with van der Waals surface area (Å²) < 4.78 is 27.3. The first-order valence-electron chi connectivity index (χ1n) is 9.40. The molecule has 0 aromatic heterocycles. The third kappa shape index (κ3) is 4.01. The van der Waals surface area contributed by atoms with Crippen molar-refractivity contribution in [3.05, 3.63) is 41.4 Å². The molecule has 0 atom stereocenters. The van der Waals surface area contributed by atoms with Crippen LogP contribution in [0.5, 0.6) is 0 Å². The van der Waals surface area contributed by atoms with Crippen LogP contribution in [-0.4, -0.2) is 62.4 Å². The third-order valence-electron chi connectivity index (χ3n) is 5.27. The van der Waals surface area contributed by atoms with Crippen LogP contribution in [0.25, 0.3) is 10.8 Å². The fraction of sp³-hybridized carbons (Fsp3) is 0.421. The van der Waals surface area contributed by atoms with E-state index in [1.54, 1.807) is 41.4 Å². The molecule has 150 valence electrons. The number of rotatable bonds is 4. The van der Waals surface area contributed by atoms with E-state index >= 15 is 0 Å². The van der Waals surface area contributed by atoms with Crippen LogP contribution in [0.4, 0.5) is 0 Å². The summed E-state index contributed by atoms with van der Waals surface area (Å²) in [6, 6.07) is 10.5. The molecule has 2 heterocycles. The van der Waals surface area contributed by atoms with Gasteiger partial charge in [0.15, 0.2) is 0 Å². The van der Waals surface area contributed by atoms with Crippen molar-refractivity contribution in [3.63, 3.8) is 0 Å². The molecular weight excluding hydrogens is 400 g/mol. The number of benzene rings is 2. The number of halogens is 1. The smallest absolute Gasteiger partial charge is 0.252 e. The Kier molecular flexibility index (Phi) is 5.57. The summed E-state index contributed by atoms with van der Waals surface area (Å²) in [4.78, 5) is 12.7. The number of hydrogen-bond donors (Lipinski definition) is 2. The molecule has 0 bridgehead atoms. The lowest BCUT2D eigenvalue weighted by molar-refractivity contribution is -0.138. The van der Waals surface area contributed by atoms with E-state index < -0.39 is 10.0 Å². The van der Waals surface area contributed by atoms with Crippen LogP contribution in [0.15, 0.2) is 41.3 Å². The first-order valence-corrected chi connectivity index (χ1v) is 11.2. The molecule has 0 saturated carbocycles. The molecule has 7 nitrogen and oxygen atoms in total. The van der Waals surface area contributed by atoms with E-state index in [9.17, 15) is 13.2 Å². The number of nitrogens with zero attached hydrogens (tertiary/aromatic N) is 2. The lowest BCUT2D eigenvalue weighted by Gasteiger charge is -2.37. The molecule has 2 N–H and O–H groups in total. The van der Waals surface area contributed by atoms with Gasteiger partial charge in [-0.15, -0.1) is 0 Å². The number of carbonyl (C=O) groups is 1. The zero-order chi connectivity index (χ0) is 19.7. The number of sulfonamides is 1. The van der Waals surface area contributed by atoms with Crippen LogP contribution in [-0.2, 0) is 14.8 Å². The van der Waals surface area contributed by atoms with Gasteiger partial charge in [0, 0.05) is 17.6 Å². The summed E-state index contributed by atoms with van der Waals surface area (Å²) in [5.74, 6) is -0.221. The Labute approximate surface area is 169 Å². The summed E-state index contributed by atoms with van der Waals surface area (Å²) in [5.41, 5.74) is 3.26. The number of hydrazine groups is 1. The first-order chi connectivity index (χ1) is 13.4. The van der Waals surface area contributed by atoms with Gasteiger partial charge in [0.05, 0.1) is 18.0 Å². The molecule has 2 saturated heterocycles. The summed E-state index contributed by atoms with van der Waals surface area (Å²) in [6.07, 6.45) is 1.90. The second kappa shape index (κ2) is 7.96. The Bertz CT molecular complexity index is 992. The van der Waals surface area contributed by atoms with E-state index in [1.165, 1.54) is 4.31 Å². The normalized spacial score (nSPS) is 20.0. The molecule has 2 aliphatic heterocycles. The minimum atomic E-state index is -3.74. The number of carbonyl (C=O) groups excluding carboxylic acids is 1. The highest BCUT2D eigenvalue weighted by Gasteiger charge is 2.33. The van der Waals surface area contributed by atoms with Gasteiger partial charge in [0.1, 0.15) is 0 Å². The van der Waals surface area contributed by atoms with E-state index in [0.29, 0.717) is 11.6 Å². The lowest BCUT2D eigenvalue weighted by atomic mass is 10.1. The van der Waals surface area contributed by atoms with Crippen molar-refractivity contribution in [1.82, 2.24) is 20.1 Å². The van der Waals surface area contributed by atoms with Crippen molar-refractivity contribution < 1.29 is 13.2 Å². The van der Waals surface area contributed by atoms with Gasteiger partial charge in [-0.25, -0.2) is 13.8 Å². The average molecular weight is 423 g/mol. The maximum Gasteiger partial charge on any atom is 0.252 e. The second-order valence-corrected chi connectivity index (χ2v) is 9.56. The maximum absolute atomic E-state index is 13.0. The van der Waals surface area contributed by atoms with Crippen LogP contribution in [0, 0.1) is 0 Å². The Hall–Kier alpha value is -1.71. The van der Waals surface area contributed by atoms with E-state index in [4.69, 9.17) is 11.6 Å². The number of nitrogens with one attached hydrogen (secondary N) is 2. The number of fused-ring (bicyclic) bond motifs is 1. The molecule has 2 fully saturated rings. The lowest BCUT2D eigenvalue weighted by Crippen LogP contribution is -2.59. The zero-order valence-electron chi connectivity index (χ0n) is 15.4. The van der Waals surface area contributed by atoms with E-state index in [2.05, 4.69) is 10.7 Å². The number of piperazine rings is 1. The highest BCUT2D eigenvalue weighted by Crippen LogP contribution is 2.25. The van der Waals surface area contributed by atoms with Gasteiger partial charge in [-0.1, -0.05) is 23.7 Å². The van der Waals surface area contributed by atoms with Crippen molar-refractivity contribution in [1.29, 1.82) is 0 Å². The van der Waals surface area contributed by atoms with Crippen LogP contribution < -0.4 is 10.7 Å². The van der Waals surface area contributed by atoms with Crippen molar-refractivity contribution in [2.45, 2.75) is 23.8 Å². The molecule has 28 heavy (non-hydrogen) atoms. The Morgan fingerprint density at radius 1 is 1.04 bits per heavy atom. The largest absolute Gasteiger partial charge is 0.317 e. The van der Waals surface area contributed by atoms with Gasteiger partial charge in [-0.2, -0.15) is 4.31 Å². The minimum absolute atomic E-state index is 0.154. The fourth-order valence-corrected chi connectivity index (χ4v) is 5.27. The molecule has 0 radical (unpaired) electrons. The van der Waals surface area contributed by atoms with Gasteiger partial charge >= 0.3 is 0 Å². The van der Waals surface area contributed by atoms with E-state index in [1.807, 2.05) is 0 Å². The molecule has 1 amide bonds. The van der Waals surface area contributed by atoms with Crippen LogP contribution >= 0.6 is 11.6 Å². The number of hydrogen-bond acceptors (Lipinski definition) is 5. The quantitative estimate of drug-likeness (QED) is 0.781. The van der Waals surface area contributed by atoms with Crippen LogP contribution in [0.2, 0.25) is 5.02 Å². The summed E-state index contributed by atoms with van der Waals surface area (Å²) in [5, 5.41) is 7.13. The predicted octanol–water partition coefficient (Wildman–Crippen LogP) is 1.58. The van der Waals surface area contributed by atoms with Crippen LogP contribution in [0.1, 0.15) is 12.8 Å². The first kappa shape index (κ1) is 19.6. The van der Waals surface area contributed by atoms with Gasteiger partial charge < -0.3 is 5.32 Å². The molecule has 2 aromatic rings. The van der Waals surface area contributed by atoms with Crippen LogP contribution in [0.3, 0.4) is 0 Å². The van der Waals surface area contributed by atoms with Crippen molar-refractivity contribution in [2.24, 2.45) is 0 Å². The summed E-state index contributed by atoms with van der Waals surface area (Å²) in [7, 11) is -3.74. The summed E-state index contributed by atoms with van der Waals surface area (Å²) >= 11 is 5.99. The van der Waals surface area contributed by atoms with Gasteiger partial charge in [-0.05, 0) is 61.0 Å². The molecule has 4 rings (SSSR count). The zero-order valence-corrected chi connectivity index (χ0v) is 17.0. The Morgan fingerprint density at radius 3 is 2.50 bits per heavy atom. The molecule has 9 heteroatoms. The average Bonchev–Trinajstić information content (AvgIpc) is 2.69. The van der Waals surface area contributed by atoms with Crippen molar-refractivity contribution in [3.8, 4) is 0 Å². The predicted molar refractivity (Wildman–Crippen MR) is 108 cm³/mol. The van der Waals surface area contributed by atoms with Crippen molar-refractivity contribution >= 4 is 38.3 Å². The van der Waals surface area contributed by atoms with E-state index in [-0.39, 0.29) is 29.9 Å². The molecule has 0 unspecified atom stereocenters. The molecule has 2 aromatic carbocycles. The second-order valence-electron chi connectivity index (χ2n) is 7.19. The van der Waals surface area contributed by atoms with Gasteiger partial charge in [0.2, 0.25) is 10.0 Å². The monoisotopic (exact) mass is 422 g/mol. The van der Waals surface area contributed by atoms with Gasteiger partial charge in [0.25, 0.3) is 5.91 Å². The maximum atomic E-state index is 13.0. The minimum Gasteiger partial charge on any atom is -0.317 e. The SMILES string of the molecule is O=C1CN(S(=O)(=O)c2ccc3cc(Cl)ccc3c2)CCN1NC1CCNCC1.